The van der Waals surface area contributed by atoms with E-state index in [0.717, 1.165) is 18.9 Å². The molecule has 1 aliphatic carbocycles. The van der Waals surface area contributed by atoms with E-state index >= 15 is 0 Å². The Kier molecular flexibility index (Phi) is 2.71. The van der Waals surface area contributed by atoms with Crippen LogP contribution in [0.25, 0.3) is 0 Å². The fraction of sp³-hybridized carbons (Fsp3) is 0.364. The highest BCUT2D eigenvalue weighted by atomic mass is 16.6. The summed E-state index contributed by atoms with van der Waals surface area (Å²) in [4.78, 5) is 23.0. The number of carboxylic acid groups (broad SMARTS) is 1. The van der Waals surface area contributed by atoms with Crippen molar-refractivity contribution in [2.45, 2.75) is 18.9 Å². The first-order valence-corrected chi connectivity index (χ1v) is 5.25. The number of carbonyl (C=O) groups is 1. The summed E-state index contributed by atoms with van der Waals surface area (Å²) < 4.78 is 0. The van der Waals surface area contributed by atoms with Crippen molar-refractivity contribution in [1.82, 2.24) is 0 Å². The van der Waals surface area contributed by atoms with E-state index in [1.807, 2.05) is 4.90 Å². The molecule has 2 rings (SSSR count). The number of benzene rings is 1. The Labute approximate surface area is 97.6 Å². The Morgan fingerprint density at radius 3 is 2.65 bits per heavy atom. The molecule has 90 valence electrons. The number of nitro groups is 1. The molecule has 1 N–H and O–H groups in total. The van der Waals surface area contributed by atoms with Crippen LogP contribution in [-0.4, -0.2) is 29.1 Å². The van der Waals surface area contributed by atoms with Crippen LogP contribution in [0.3, 0.4) is 0 Å². The van der Waals surface area contributed by atoms with Gasteiger partial charge in [0, 0.05) is 19.2 Å². The predicted molar refractivity (Wildman–Crippen MR) is 61.5 cm³/mol. The third-order valence-electron chi connectivity index (χ3n) is 2.89. The summed E-state index contributed by atoms with van der Waals surface area (Å²) in [5.41, 5.74) is 0.256. The summed E-state index contributed by atoms with van der Waals surface area (Å²) in [6, 6.07) is 4.34. The minimum absolute atomic E-state index is 0.0651. The van der Waals surface area contributed by atoms with Crippen LogP contribution in [0.2, 0.25) is 0 Å². The minimum Gasteiger partial charge on any atom is -0.478 e. The van der Waals surface area contributed by atoms with E-state index in [9.17, 15) is 14.9 Å². The fourth-order valence-electron chi connectivity index (χ4n) is 1.76. The van der Waals surface area contributed by atoms with Crippen molar-refractivity contribution in [2.75, 3.05) is 11.9 Å². The van der Waals surface area contributed by atoms with Gasteiger partial charge in [-0.3, -0.25) is 10.1 Å². The number of nitrogens with zero attached hydrogens (tertiary/aromatic N) is 2. The lowest BCUT2D eigenvalue weighted by Crippen LogP contribution is -2.20. The normalized spacial score (nSPS) is 14.4. The first kappa shape index (κ1) is 11.4. The van der Waals surface area contributed by atoms with Gasteiger partial charge >= 0.3 is 5.97 Å². The molecule has 0 heterocycles. The molecule has 0 bridgehead atoms. The molecular weight excluding hydrogens is 224 g/mol. The van der Waals surface area contributed by atoms with Crippen molar-refractivity contribution in [3.8, 4) is 0 Å². The lowest BCUT2D eigenvalue weighted by molar-refractivity contribution is -0.384. The van der Waals surface area contributed by atoms with Crippen molar-refractivity contribution >= 4 is 17.3 Å². The van der Waals surface area contributed by atoms with E-state index in [-0.39, 0.29) is 11.3 Å². The molecule has 6 nitrogen and oxygen atoms in total. The SMILES string of the molecule is CN(c1ccc(C(=O)O)cc1[N+](=O)[O-])C1CC1. The molecular formula is C11H12N2O4. The molecule has 0 atom stereocenters. The van der Waals surface area contributed by atoms with Gasteiger partial charge in [-0.15, -0.1) is 0 Å². The van der Waals surface area contributed by atoms with Crippen molar-refractivity contribution in [3.63, 3.8) is 0 Å². The van der Waals surface area contributed by atoms with Gasteiger partial charge in [0.2, 0.25) is 0 Å². The van der Waals surface area contributed by atoms with Gasteiger partial charge in [-0.05, 0) is 25.0 Å². The van der Waals surface area contributed by atoms with Crippen LogP contribution in [0.4, 0.5) is 11.4 Å². The fourth-order valence-corrected chi connectivity index (χ4v) is 1.76. The van der Waals surface area contributed by atoms with Crippen molar-refractivity contribution in [3.05, 3.63) is 33.9 Å². The van der Waals surface area contributed by atoms with Gasteiger partial charge in [0.1, 0.15) is 5.69 Å². The van der Waals surface area contributed by atoms with Crippen LogP contribution in [-0.2, 0) is 0 Å². The predicted octanol–water partition coefficient (Wildman–Crippen LogP) is 1.89. The van der Waals surface area contributed by atoms with Crippen LogP contribution in [0, 0.1) is 10.1 Å². The third kappa shape index (κ3) is 2.20. The van der Waals surface area contributed by atoms with Gasteiger partial charge in [-0.25, -0.2) is 4.79 Å². The smallest absolute Gasteiger partial charge is 0.335 e. The van der Waals surface area contributed by atoms with Crippen molar-refractivity contribution < 1.29 is 14.8 Å². The van der Waals surface area contributed by atoms with E-state index in [4.69, 9.17) is 5.11 Å². The highest BCUT2D eigenvalue weighted by Crippen LogP contribution is 2.36. The topological polar surface area (TPSA) is 83.7 Å². The second-order valence-electron chi connectivity index (χ2n) is 4.11. The molecule has 17 heavy (non-hydrogen) atoms. The summed E-state index contributed by atoms with van der Waals surface area (Å²) in [7, 11) is 1.79. The number of anilines is 1. The van der Waals surface area contributed by atoms with Gasteiger partial charge in [-0.1, -0.05) is 0 Å². The Hall–Kier alpha value is -2.11. The molecule has 1 fully saturated rings. The van der Waals surface area contributed by atoms with E-state index in [1.54, 1.807) is 7.05 Å². The Morgan fingerprint density at radius 2 is 2.18 bits per heavy atom. The number of hydrogen-bond acceptors (Lipinski definition) is 4. The summed E-state index contributed by atoms with van der Waals surface area (Å²) in [5.74, 6) is -1.16. The van der Waals surface area contributed by atoms with Crippen LogP contribution >= 0.6 is 0 Å². The lowest BCUT2D eigenvalue weighted by Gasteiger charge is -2.18. The van der Waals surface area contributed by atoms with Gasteiger partial charge in [0.15, 0.2) is 0 Å². The average Bonchev–Trinajstić information content (AvgIpc) is 3.10. The van der Waals surface area contributed by atoms with Gasteiger partial charge < -0.3 is 10.0 Å². The summed E-state index contributed by atoms with van der Waals surface area (Å²) in [5, 5.41) is 19.7. The number of rotatable bonds is 4. The zero-order valence-electron chi connectivity index (χ0n) is 9.29. The van der Waals surface area contributed by atoms with Gasteiger partial charge in [0.25, 0.3) is 5.69 Å². The molecule has 0 aromatic heterocycles. The number of nitro benzene ring substituents is 1. The summed E-state index contributed by atoms with van der Waals surface area (Å²) in [6.45, 7) is 0. The molecule has 1 aromatic rings. The van der Waals surface area contributed by atoms with E-state index in [1.165, 1.54) is 12.1 Å². The van der Waals surface area contributed by atoms with Gasteiger partial charge in [-0.2, -0.15) is 0 Å². The molecule has 0 aliphatic heterocycles. The molecule has 1 aliphatic rings. The maximum atomic E-state index is 10.9. The monoisotopic (exact) mass is 236 g/mol. The first-order chi connectivity index (χ1) is 8.00. The molecule has 0 unspecified atom stereocenters. The molecule has 6 heteroatoms. The second-order valence-corrected chi connectivity index (χ2v) is 4.11. The minimum atomic E-state index is -1.16. The van der Waals surface area contributed by atoms with Crippen molar-refractivity contribution in [2.24, 2.45) is 0 Å². The maximum absolute atomic E-state index is 10.9. The molecule has 0 amide bonds. The number of carboxylic acids is 1. The molecule has 0 spiro atoms. The van der Waals surface area contributed by atoms with E-state index in [2.05, 4.69) is 0 Å². The zero-order valence-corrected chi connectivity index (χ0v) is 9.29. The molecule has 0 radical (unpaired) electrons. The standard InChI is InChI=1S/C11H12N2O4/c1-12(8-3-4-8)9-5-2-7(11(14)15)6-10(9)13(16)17/h2,5-6,8H,3-4H2,1H3,(H,14,15). The number of hydrogen-bond donors (Lipinski definition) is 1. The maximum Gasteiger partial charge on any atom is 0.335 e. The molecule has 0 saturated heterocycles. The first-order valence-electron chi connectivity index (χ1n) is 5.25. The Balaban J connectivity index is 2.43. The second kappa shape index (κ2) is 4.04. The largest absolute Gasteiger partial charge is 0.478 e. The van der Waals surface area contributed by atoms with E-state index < -0.39 is 10.9 Å². The third-order valence-corrected chi connectivity index (χ3v) is 2.89. The van der Waals surface area contributed by atoms with Crippen LogP contribution in [0.15, 0.2) is 18.2 Å². The van der Waals surface area contributed by atoms with E-state index in [0.29, 0.717) is 11.7 Å². The zero-order chi connectivity index (χ0) is 12.6. The molecule has 1 saturated carbocycles. The van der Waals surface area contributed by atoms with Crippen LogP contribution < -0.4 is 4.90 Å². The highest BCUT2D eigenvalue weighted by molar-refractivity contribution is 5.89. The quantitative estimate of drug-likeness (QED) is 0.637. The summed E-state index contributed by atoms with van der Waals surface area (Å²) >= 11 is 0. The highest BCUT2D eigenvalue weighted by Gasteiger charge is 2.30. The van der Waals surface area contributed by atoms with Crippen LogP contribution in [0.5, 0.6) is 0 Å². The van der Waals surface area contributed by atoms with Gasteiger partial charge in [0.05, 0.1) is 10.5 Å². The average molecular weight is 236 g/mol. The number of aromatic carboxylic acids is 1. The molecule has 1 aromatic carbocycles. The van der Waals surface area contributed by atoms with Crippen molar-refractivity contribution in [1.29, 1.82) is 0 Å². The summed E-state index contributed by atoms with van der Waals surface area (Å²) in [6.07, 6.45) is 2.04. The van der Waals surface area contributed by atoms with Crippen LogP contribution in [0.1, 0.15) is 23.2 Å². The lowest BCUT2D eigenvalue weighted by atomic mass is 10.1. The Morgan fingerprint density at radius 1 is 1.53 bits per heavy atom. The Bertz CT molecular complexity index is 482.